The van der Waals surface area contributed by atoms with Crippen molar-refractivity contribution in [3.05, 3.63) is 184 Å². The van der Waals surface area contributed by atoms with Gasteiger partial charge >= 0.3 is 24.4 Å². The van der Waals surface area contributed by atoms with E-state index in [-0.39, 0.29) is 192 Å². The van der Waals surface area contributed by atoms with Crippen LogP contribution in [0.2, 0.25) is 0 Å². The van der Waals surface area contributed by atoms with Crippen LogP contribution in [0.15, 0.2) is 133 Å². The molecule has 0 aliphatic carbocycles. The van der Waals surface area contributed by atoms with E-state index in [1.165, 1.54) is 9.80 Å². The standard InChI is InChI=1S/C16H14N2O3.C15H15N5O3.C12H11N5O3.C12H12N2O4.4CH3.4Y/c1-11-14-8-7-13(9-15(14)21-18-11)17-16(19)20-10-12-5-3-2-4-6-12;1-9-6-19(18-16-9)7-12-8-20(15(21)22-12)11-3-4-13-10(2)17-23-14(13)5-11;1-7-10-3-2-8(4-11(10)20-15-7)17-6-9(5-14-16-13)19-12(17)18;1-7-10-3-2-8(4-11(10)18-13-7)14-5-9(6-15)17-12(14)16;;;;;;;;/h2-9H,10H2,1H3,(H,17,19);3-6,12H,7-8H2,1-2H3;2-4,9H,5-6H2,1H3;2-4,9,15H,5-6H2,1H3;4*1H3;;;;/q;;;;4*-1;;;;/t;12-;2*9-;;;;;;;;/m.001......../s1. The third-order valence-electron chi connectivity index (χ3n) is 13.2. The molecule has 5 aromatic heterocycles. The van der Waals surface area contributed by atoms with E-state index in [0.717, 1.165) is 61.3 Å². The van der Waals surface area contributed by atoms with E-state index in [1.807, 2.05) is 114 Å². The number of nitrogens with zero attached hydrogens (tertiary/aromatic N) is 13. The number of azide groups is 1. The average Bonchev–Trinajstić information content (AvgIpc) is 1.85. The summed E-state index contributed by atoms with van der Waals surface area (Å²) in [6, 6.07) is 31.3. The summed E-state index contributed by atoms with van der Waals surface area (Å²) in [5, 5.41) is 42.2. The molecule has 5 aromatic carbocycles. The number of carbonyl (C=O) groups is 4. The third-order valence-corrected chi connectivity index (χ3v) is 13.2. The second-order valence-electron chi connectivity index (χ2n) is 19.0. The maximum Gasteiger partial charge on any atom is 0.414 e. The number of fused-ring (bicyclic) bond motifs is 4. The summed E-state index contributed by atoms with van der Waals surface area (Å²) in [6.07, 6.45) is -1.13. The maximum absolute atomic E-state index is 12.1. The first kappa shape index (κ1) is 80.0. The van der Waals surface area contributed by atoms with Crippen LogP contribution in [-0.2, 0) is 163 Å². The summed E-state index contributed by atoms with van der Waals surface area (Å²) in [4.78, 5) is 54.5. The SMILES string of the molecule is Cc1cn(C[C@H]2CN(c3ccc4c(C)noc4c3)C(=O)O2)nn1.Cc1noc2cc(N3C[C@H](CN=[N+]=[N-])OC3=O)ccc12.Cc1noc2cc(N3C[C@H](CO)OC3=O)ccc12.Cc1noc2cc(NC(=O)OCc3ccccc3)ccc12.[CH3-].[CH3-].[CH3-].[CH3-].[Y].[Y].[Y].[Y]. The third kappa shape index (κ3) is 19.5. The number of aliphatic hydroxyl groups is 1. The molecule has 3 aliphatic rings. The van der Waals surface area contributed by atoms with Crippen molar-refractivity contribution >= 4 is 91.0 Å². The fourth-order valence-electron chi connectivity index (χ4n) is 8.98. The Hall–Kier alpha value is -6.11. The number of aryl methyl sites for hydroxylation is 5. The first-order valence-corrected chi connectivity index (χ1v) is 25.5. The first-order chi connectivity index (χ1) is 39.7. The predicted octanol–water partition coefficient (Wildman–Crippen LogP) is 12.0. The van der Waals surface area contributed by atoms with Gasteiger partial charge in [0.15, 0.2) is 22.3 Å². The number of anilines is 4. The van der Waals surface area contributed by atoms with Gasteiger partial charge in [-0.15, -0.1) is 5.10 Å². The van der Waals surface area contributed by atoms with Crippen LogP contribution in [0.5, 0.6) is 0 Å². The number of cyclic esters (lactones) is 3. The Morgan fingerprint density at radius 1 is 0.600 bits per heavy atom. The largest absolute Gasteiger partial charge is 0.444 e. The number of rotatable bonds is 11. The predicted molar refractivity (Wildman–Crippen MR) is 320 cm³/mol. The summed E-state index contributed by atoms with van der Waals surface area (Å²) in [6.45, 7) is 11.1. The van der Waals surface area contributed by atoms with Crippen molar-refractivity contribution in [1.82, 2.24) is 35.6 Å². The number of benzene rings is 5. The molecule has 0 spiro atoms. The molecular formula is C59H64N14O13Y4-4. The van der Waals surface area contributed by atoms with Crippen molar-refractivity contribution in [2.24, 2.45) is 5.11 Å². The van der Waals surface area contributed by atoms with Gasteiger partial charge in [-0.05, 0) is 94.2 Å². The van der Waals surface area contributed by atoms with Crippen LogP contribution >= 0.6 is 0 Å². The molecule has 4 amide bonds. The van der Waals surface area contributed by atoms with Gasteiger partial charge in [0.1, 0.15) is 24.9 Å². The van der Waals surface area contributed by atoms with Gasteiger partial charge in [-0.3, -0.25) is 20.0 Å². The van der Waals surface area contributed by atoms with E-state index < -0.39 is 30.5 Å². The van der Waals surface area contributed by atoms with Gasteiger partial charge in [0, 0.05) is 193 Å². The fraction of sp³-hybridized carbons (Fsp3) is 0.254. The zero-order valence-electron chi connectivity index (χ0n) is 51.0. The Kier molecular flexibility index (Phi) is 32.7. The zero-order chi connectivity index (χ0) is 57.4. The Balaban J connectivity index is 0.000000398. The number of nitrogens with one attached hydrogen (secondary N) is 1. The molecule has 10 aromatic rings. The van der Waals surface area contributed by atoms with Gasteiger partial charge in [-0.1, -0.05) is 61.3 Å². The van der Waals surface area contributed by atoms with Crippen molar-refractivity contribution in [2.45, 2.75) is 66.1 Å². The van der Waals surface area contributed by atoms with Gasteiger partial charge in [0.2, 0.25) is 0 Å². The summed E-state index contributed by atoms with van der Waals surface area (Å²) < 4.78 is 43.1. The minimum atomic E-state index is -0.505. The van der Waals surface area contributed by atoms with Crippen molar-refractivity contribution in [1.29, 1.82) is 0 Å². The molecule has 0 unspecified atom stereocenters. The number of hydrogen-bond acceptors (Lipinski definition) is 20. The van der Waals surface area contributed by atoms with Crippen molar-refractivity contribution < 1.29 is 192 Å². The summed E-state index contributed by atoms with van der Waals surface area (Å²) in [7, 11) is 0. The van der Waals surface area contributed by atoms with Gasteiger partial charge in [0.05, 0.1) is 84.9 Å². The monoisotopic (exact) mass is 1530 g/mol. The smallest absolute Gasteiger partial charge is 0.414 e. The molecule has 0 bridgehead atoms. The average molecular weight is 1530 g/mol. The first-order valence-electron chi connectivity index (χ1n) is 25.5. The molecule has 27 nitrogen and oxygen atoms in total. The fourth-order valence-corrected chi connectivity index (χ4v) is 8.98. The van der Waals surface area contributed by atoms with E-state index in [9.17, 15) is 19.2 Å². The number of aliphatic hydroxyl groups excluding tert-OH is 1. The summed E-state index contributed by atoms with van der Waals surface area (Å²) >= 11 is 0. The quantitative estimate of drug-likeness (QED) is 0.0399. The molecule has 464 valence electrons. The molecule has 3 aliphatic heterocycles. The molecule has 0 saturated carbocycles. The minimum Gasteiger partial charge on any atom is -0.444 e. The van der Waals surface area contributed by atoms with Crippen LogP contribution in [-0.4, -0.2) is 116 Å². The molecule has 3 fully saturated rings. The molecule has 2 N–H and O–H groups in total. The van der Waals surface area contributed by atoms with E-state index in [1.54, 1.807) is 39.9 Å². The molecule has 3 atom stereocenters. The van der Waals surface area contributed by atoms with Crippen LogP contribution in [0.3, 0.4) is 0 Å². The Labute approximate surface area is 619 Å². The van der Waals surface area contributed by atoms with Crippen LogP contribution in [0.1, 0.15) is 34.0 Å². The van der Waals surface area contributed by atoms with E-state index in [4.69, 9.17) is 47.7 Å². The van der Waals surface area contributed by atoms with Gasteiger partial charge in [-0.2, -0.15) is 0 Å². The Morgan fingerprint density at radius 2 is 1.01 bits per heavy atom. The summed E-state index contributed by atoms with van der Waals surface area (Å²) in [5.74, 6) is 0. The second-order valence-corrected chi connectivity index (χ2v) is 19.0. The molecule has 8 heterocycles. The second kappa shape index (κ2) is 36.8. The van der Waals surface area contributed by atoms with Crippen LogP contribution < -0.4 is 20.0 Å². The number of amides is 4. The molecule has 31 heteroatoms. The molecule has 13 rings (SSSR count). The van der Waals surface area contributed by atoms with Gasteiger partial charge in [0.25, 0.3) is 0 Å². The molecular weight excluding hydrogens is 1470 g/mol. The van der Waals surface area contributed by atoms with E-state index in [0.29, 0.717) is 65.6 Å². The van der Waals surface area contributed by atoms with E-state index >= 15 is 0 Å². The normalized spacial score (nSPS) is 15.0. The molecule has 90 heavy (non-hydrogen) atoms. The Bertz CT molecular complexity index is 4020. The molecule has 4 radical (unpaired) electrons. The van der Waals surface area contributed by atoms with Crippen molar-refractivity contribution in [3.63, 3.8) is 0 Å². The minimum absolute atomic E-state index is 0. The zero-order valence-corrected chi connectivity index (χ0v) is 62.4. The van der Waals surface area contributed by atoms with Crippen LogP contribution in [0, 0.1) is 64.3 Å². The van der Waals surface area contributed by atoms with Crippen LogP contribution in [0.4, 0.5) is 41.9 Å². The van der Waals surface area contributed by atoms with Crippen molar-refractivity contribution in [3.8, 4) is 0 Å². The number of aromatic nitrogens is 7. The number of hydrogen-bond donors (Lipinski definition) is 2. The van der Waals surface area contributed by atoms with E-state index in [2.05, 4.69) is 46.3 Å². The van der Waals surface area contributed by atoms with Gasteiger partial charge in [-0.25, -0.2) is 23.9 Å². The number of carbonyl (C=O) groups excluding carboxylic acids is 4. The van der Waals surface area contributed by atoms with Crippen molar-refractivity contribution in [2.75, 3.05) is 52.8 Å². The summed E-state index contributed by atoms with van der Waals surface area (Å²) in [5.41, 5.74) is 18.5. The maximum atomic E-state index is 12.1. The molecule has 3 saturated heterocycles. The number of ether oxygens (including phenoxy) is 4. The topological polar surface area (TPSA) is 331 Å². The van der Waals surface area contributed by atoms with Crippen LogP contribution in [0.25, 0.3) is 54.3 Å². The Morgan fingerprint density at radius 3 is 1.43 bits per heavy atom. The van der Waals surface area contributed by atoms with Gasteiger partial charge < -0.3 is 71.9 Å².